The van der Waals surface area contributed by atoms with Crippen molar-refractivity contribution in [2.24, 2.45) is 0 Å². The number of aldehydes is 1. The predicted molar refractivity (Wildman–Crippen MR) is 34.6 cm³/mol. The summed E-state index contributed by atoms with van der Waals surface area (Å²) >= 11 is 0. The van der Waals surface area contributed by atoms with E-state index in [4.69, 9.17) is 9.79 Å². The van der Waals surface area contributed by atoms with Gasteiger partial charge in [0.15, 0.2) is 12.0 Å². The van der Waals surface area contributed by atoms with Crippen LogP contribution in [-0.4, -0.2) is 16.1 Å². The average molecular weight is 175 g/mol. The van der Waals surface area contributed by atoms with E-state index in [-0.39, 0.29) is 5.76 Å². The molecule has 0 spiro atoms. The Hall–Kier alpha value is -0.900. The summed E-state index contributed by atoms with van der Waals surface area (Å²) in [6, 6.07) is 3.21. The fourth-order valence-corrected chi connectivity index (χ4v) is 0.962. The third-order valence-electron chi connectivity index (χ3n) is 0.933. The Balaban J connectivity index is 3.08. The molecule has 11 heavy (non-hydrogen) atoms. The normalized spacial score (nSPS) is 11.5. The molecule has 0 bridgehead atoms. The minimum absolute atomic E-state index is 0.150. The minimum Gasteiger partial charge on any atom is -0.445 e. The summed E-state index contributed by atoms with van der Waals surface area (Å²) in [6.45, 7) is 0. The highest BCUT2D eigenvalue weighted by Gasteiger charge is 2.21. The lowest BCUT2D eigenvalue weighted by Crippen LogP contribution is -1.98. The van der Waals surface area contributed by atoms with E-state index in [0.717, 1.165) is 6.07 Å². The van der Waals surface area contributed by atoms with Gasteiger partial charge in [-0.3, -0.25) is 9.36 Å². The maximum atomic E-state index is 10.4. The Bertz CT molecular complexity index is 308. The van der Waals surface area contributed by atoms with Crippen LogP contribution in [0.25, 0.3) is 0 Å². The molecule has 0 unspecified atom stereocenters. The average Bonchev–Trinajstić information content (AvgIpc) is 2.32. The van der Waals surface area contributed by atoms with Crippen LogP contribution in [0.5, 0.6) is 0 Å². The summed E-state index contributed by atoms with van der Waals surface area (Å²) in [5.41, 5.74) is -0.611. The largest absolute Gasteiger partial charge is 0.445 e. The van der Waals surface area contributed by atoms with E-state index in [2.05, 4.69) is 10.5 Å². The zero-order chi connectivity index (χ0) is 8.48. The lowest BCUT2D eigenvalue weighted by molar-refractivity contribution is 0.110. The van der Waals surface area contributed by atoms with Crippen LogP contribution in [0.4, 0.5) is 0 Å². The topological polar surface area (TPSA) is 87.7 Å². The summed E-state index contributed by atoms with van der Waals surface area (Å²) in [7, 11) is -4.39. The summed E-state index contributed by atoms with van der Waals surface area (Å²) in [4.78, 5) is 26.9. The van der Waals surface area contributed by atoms with Crippen molar-refractivity contribution in [1.29, 1.82) is 0 Å². The number of hydrogen-bond donors (Lipinski definition) is 2. The Morgan fingerprint density at radius 2 is 2.27 bits per heavy atom. The van der Waals surface area contributed by atoms with Gasteiger partial charge < -0.3 is 14.2 Å². The first kappa shape index (κ1) is 8.20. The van der Waals surface area contributed by atoms with Gasteiger partial charge >= 0.3 is 7.60 Å². The second-order valence-corrected chi connectivity index (χ2v) is 3.25. The van der Waals surface area contributed by atoms with E-state index in [1.807, 2.05) is 0 Å². The molecule has 1 rings (SSSR count). The zero-order valence-electron chi connectivity index (χ0n) is 5.22. The highest BCUT2D eigenvalue weighted by Crippen LogP contribution is 2.33. The van der Waals surface area contributed by atoms with Gasteiger partial charge in [-0.25, -0.2) is 0 Å². The standard InChI is InChI=1S/C5H4O5P/c6-3-4-1-2-5(10-4)11(7,8)9/h1,3H,(H2,7,8,9). The van der Waals surface area contributed by atoms with E-state index in [1.165, 1.54) is 0 Å². The Labute approximate surface area is 61.8 Å². The molecule has 0 aromatic carbocycles. The molecular formula is C5H4O5P. The van der Waals surface area contributed by atoms with E-state index in [1.54, 1.807) is 0 Å². The molecule has 0 saturated heterocycles. The molecule has 2 N–H and O–H groups in total. The fraction of sp³-hybridized carbons (Fsp3) is 0. The van der Waals surface area contributed by atoms with Crippen molar-refractivity contribution in [2.75, 3.05) is 0 Å². The first-order chi connectivity index (χ1) is 5.04. The molecule has 6 heteroatoms. The monoisotopic (exact) mass is 175 g/mol. The van der Waals surface area contributed by atoms with Crippen LogP contribution >= 0.6 is 7.60 Å². The number of carbonyl (C=O) groups is 1. The van der Waals surface area contributed by atoms with Crippen molar-refractivity contribution in [2.45, 2.75) is 0 Å². The number of furan rings is 1. The molecule has 1 aromatic heterocycles. The van der Waals surface area contributed by atoms with Crippen molar-refractivity contribution in [3.05, 3.63) is 17.9 Å². The first-order valence-corrected chi connectivity index (χ1v) is 4.18. The zero-order valence-corrected chi connectivity index (χ0v) is 6.12. The summed E-state index contributed by atoms with van der Waals surface area (Å²) in [5.74, 6) is -0.150. The molecule has 0 fully saturated rings. The second kappa shape index (κ2) is 2.62. The van der Waals surface area contributed by atoms with E-state index in [9.17, 15) is 9.36 Å². The molecule has 0 saturated carbocycles. The second-order valence-electron chi connectivity index (χ2n) is 1.76. The highest BCUT2D eigenvalue weighted by molar-refractivity contribution is 7.59. The maximum Gasteiger partial charge on any atom is 0.391 e. The van der Waals surface area contributed by atoms with Crippen LogP contribution in [0.2, 0.25) is 0 Å². The van der Waals surface area contributed by atoms with Crippen LogP contribution in [-0.2, 0) is 4.57 Å². The first-order valence-electron chi connectivity index (χ1n) is 2.57. The van der Waals surface area contributed by atoms with Gasteiger partial charge in [0.05, 0.1) is 0 Å². The molecule has 0 aliphatic rings. The van der Waals surface area contributed by atoms with Crippen molar-refractivity contribution in [3.63, 3.8) is 0 Å². The van der Waals surface area contributed by atoms with Crippen LogP contribution in [0, 0.1) is 6.07 Å². The molecule has 0 atom stereocenters. The molecule has 59 valence electrons. The van der Waals surface area contributed by atoms with Crippen LogP contribution in [0.15, 0.2) is 10.5 Å². The van der Waals surface area contributed by atoms with Crippen molar-refractivity contribution < 1.29 is 23.6 Å². The molecule has 1 aromatic rings. The molecule has 0 aliphatic carbocycles. The summed E-state index contributed by atoms with van der Waals surface area (Å²) < 4.78 is 14.8. The molecule has 0 amide bonds. The van der Waals surface area contributed by atoms with E-state index < -0.39 is 13.1 Å². The highest BCUT2D eigenvalue weighted by atomic mass is 31.2. The van der Waals surface area contributed by atoms with Gasteiger partial charge in [0.25, 0.3) is 0 Å². The van der Waals surface area contributed by atoms with Gasteiger partial charge in [-0.05, 0) is 6.07 Å². The van der Waals surface area contributed by atoms with Gasteiger partial charge in [0.1, 0.15) is 0 Å². The fourth-order valence-electron chi connectivity index (χ4n) is 0.505. The van der Waals surface area contributed by atoms with Gasteiger partial charge in [-0.1, -0.05) is 0 Å². The SMILES string of the molecule is O=Cc1c[c]c(P(=O)(O)O)o1. The van der Waals surface area contributed by atoms with Crippen LogP contribution < -0.4 is 5.50 Å². The van der Waals surface area contributed by atoms with Crippen molar-refractivity contribution in [1.82, 2.24) is 0 Å². The molecule has 1 radical (unpaired) electrons. The molecule has 5 nitrogen and oxygen atoms in total. The summed E-state index contributed by atoms with van der Waals surface area (Å²) in [5, 5.41) is 0. The number of carbonyl (C=O) groups excluding carboxylic acids is 1. The number of rotatable bonds is 2. The summed E-state index contributed by atoms with van der Waals surface area (Å²) in [6.07, 6.45) is 0.343. The number of hydrogen-bond acceptors (Lipinski definition) is 3. The Morgan fingerprint density at radius 3 is 2.55 bits per heavy atom. The van der Waals surface area contributed by atoms with E-state index in [0.29, 0.717) is 6.29 Å². The van der Waals surface area contributed by atoms with E-state index >= 15 is 0 Å². The lowest BCUT2D eigenvalue weighted by Gasteiger charge is -1.95. The van der Waals surface area contributed by atoms with Crippen molar-refractivity contribution >= 4 is 19.4 Å². The van der Waals surface area contributed by atoms with Gasteiger partial charge in [-0.15, -0.1) is 0 Å². The molecule has 0 aliphatic heterocycles. The quantitative estimate of drug-likeness (QED) is 0.475. The third kappa shape index (κ3) is 1.77. The van der Waals surface area contributed by atoms with Gasteiger partial charge in [0, 0.05) is 6.07 Å². The van der Waals surface area contributed by atoms with Crippen LogP contribution in [0.3, 0.4) is 0 Å². The Kier molecular flexibility index (Phi) is 1.95. The molecule has 1 heterocycles. The van der Waals surface area contributed by atoms with Gasteiger partial charge in [0.2, 0.25) is 5.50 Å². The third-order valence-corrected chi connectivity index (χ3v) is 1.68. The van der Waals surface area contributed by atoms with Crippen molar-refractivity contribution in [3.8, 4) is 0 Å². The van der Waals surface area contributed by atoms with Gasteiger partial charge in [-0.2, -0.15) is 0 Å². The predicted octanol–water partition coefficient (Wildman–Crippen LogP) is -0.305. The van der Waals surface area contributed by atoms with Crippen LogP contribution in [0.1, 0.15) is 10.6 Å². The maximum absolute atomic E-state index is 10.4. The lowest BCUT2D eigenvalue weighted by atomic mass is 10.5. The molecular weight excluding hydrogens is 171 g/mol. The minimum atomic E-state index is -4.39. The smallest absolute Gasteiger partial charge is 0.391 e. The Morgan fingerprint density at radius 1 is 1.64 bits per heavy atom.